The normalized spacial score (nSPS) is 20.8. The molecule has 5 nitrogen and oxygen atoms in total. The molecule has 130 valence electrons. The molecule has 0 atom stereocenters. The van der Waals surface area contributed by atoms with Crippen LogP contribution in [-0.2, 0) is 13.1 Å². The molecule has 2 heterocycles. The Labute approximate surface area is 143 Å². The highest BCUT2D eigenvalue weighted by atomic mass is 16.5. The highest BCUT2D eigenvalue weighted by Gasteiger charge is 2.24. The van der Waals surface area contributed by atoms with E-state index in [1.54, 1.807) is 23.2 Å². The van der Waals surface area contributed by atoms with Gasteiger partial charge in [-0.2, -0.15) is 0 Å². The maximum Gasteiger partial charge on any atom is 0.161 e. The van der Waals surface area contributed by atoms with E-state index >= 15 is 0 Å². The summed E-state index contributed by atoms with van der Waals surface area (Å²) in [5, 5.41) is 0. The summed E-state index contributed by atoms with van der Waals surface area (Å²) in [5.74, 6) is 2.74. The largest absolute Gasteiger partial charge is 0.493 e. The van der Waals surface area contributed by atoms with Crippen LogP contribution < -0.4 is 19.3 Å². The molecule has 1 aliphatic heterocycles. The van der Waals surface area contributed by atoms with E-state index in [-0.39, 0.29) is 0 Å². The Bertz CT molecular complexity index is 620. The molecule has 0 saturated carbocycles. The Morgan fingerprint density at radius 2 is 1.75 bits per heavy atom. The van der Waals surface area contributed by atoms with Gasteiger partial charge < -0.3 is 23.7 Å². The van der Waals surface area contributed by atoms with E-state index in [2.05, 4.69) is 18.2 Å². The number of benzene rings is 1. The summed E-state index contributed by atoms with van der Waals surface area (Å²) in [6.07, 6.45) is 1.76. The fraction of sp³-hybridized carbons (Fsp3) is 0.474. The summed E-state index contributed by atoms with van der Waals surface area (Å²) in [6, 6.07) is 10.3. The van der Waals surface area contributed by atoms with E-state index in [4.69, 9.17) is 13.9 Å². The van der Waals surface area contributed by atoms with Gasteiger partial charge >= 0.3 is 0 Å². The zero-order valence-corrected chi connectivity index (χ0v) is 14.6. The lowest BCUT2D eigenvalue weighted by Gasteiger charge is -2.29. The predicted molar refractivity (Wildman–Crippen MR) is 91.7 cm³/mol. The summed E-state index contributed by atoms with van der Waals surface area (Å²) in [4.78, 5) is 3.24. The lowest BCUT2D eigenvalue weighted by molar-refractivity contribution is -1.02. The smallest absolute Gasteiger partial charge is 0.161 e. The van der Waals surface area contributed by atoms with Crippen molar-refractivity contribution in [3.8, 4) is 11.5 Å². The first-order valence-electron chi connectivity index (χ1n) is 8.77. The van der Waals surface area contributed by atoms with Crippen LogP contribution in [0.25, 0.3) is 0 Å². The molecule has 0 radical (unpaired) electrons. The monoisotopic (exact) mass is 332 g/mol. The second kappa shape index (κ2) is 8.22. The van der Waals surface area contributed by atoms with Crippen molar-refractivity contribution in [3.05, 3.63) is 47.9 Å². The minimum Gasteiger partial charge on any atom is -0.493 e. The molecule has 0 spiro atoms. The van der Waals surface area contributed by atoms with Gasteiger partial charge in [0.05, 0.1) is 20.0 Å². The van der Waals surface area contributed by atoms with Crippen LogP contribution in [-0.4, -0.2) is 39.9 Å². The maximum atomic E-state index is 5.68. The van der Waals surface area contributed by atoms with Gasteiger partial charge in [-0.25, -0.2) is 0 Å². The van der Waals surface area contributed by atoms with Crippen molar-refractivity contribution in [2.24, 2.45) is 0 Å². The number of ether oxygens (including phenoxy) is 2. The van der Waals surface area contributed by atoms with Crippen LogP contribution in [0.3, 0.4) is 0 Å². The second-order valence-corrected chi connectivity index (χ2v) is 6.35. The summed E-state index contributed by atoms with van der Waals surface area (Å²) >= 11 is 0. The molecule has 1 aliphatic rings. The number of piperazine rings is 1. The lowest BCUT2D eigenvalue weighted by Crippen LogP contribution is -3.27. The number of nitrogens with one attached hydrogen (secondary N) is 2. The third-order valence-corrected chi connectivity index (χ3v) is 4.65. The topological polar surface area (TPSA) is 40.5 Å². The first-order valence-corrected chi connectivity index (χ1v) is 8.77. The van der Waals surface area contributed by atoms with Gasteiger partial charge in [0.2, 0.25) is 0 Å². The Kier molecular flexibility index (Phi) is 5.77. The zero-order chi connectivity index (χ0) is 16.8. The van der Waals surface area contributed by atoms with Gasteiger partial charge in [0, 0.05) is 5.56 Å². The van der Waals surface area contributed by atoms with Crippen LogP contribution in [0.4, 0.5) is 0 Å². The highest BCUT2D eigenvalue weighted by molar-refractivity contribution is 5.42. The molecular formula is C19H28N2O3+2. The summed E-state index contributed by atoms with van der Waals surface area (Å²) < 4.78 is 16.5. The molecule has 24 heavy (non-hydrogen) atoms. The molecule has 0 unspecified atom stereocenters. The molecule has 2 N–H and O–H groups in total. The molecule has 0 bridgehead atoms. The van der Waals surface area contributed by atoms with Crippen molar-refractivity contribution in [1.82, 2.24) is 0 Å². The molecule has 5 heteroatoms. The van der Waals surface area contributed by atoms with Crippen molar-refractivity contribution in [2.75, 3.05) is 39.9 Å². The molecular weight excluding hydrogens is 304 g/mol. The van der Waals surface area contributed by atoms with Crippen molar-refractivity contribution < 1.29 is 23.7 Å². The second-order valence-electron chi connectivity index (χ2n) is 6.35. The Balaban J connectivity index is 1.53. The fourth-order valence-electron chi connectivity index (χ4n) is 3.36. The first-order chi connectivity index (χ1) is 11.8. The van der Waals surface area contributed by atoms with Gasteiger partial charge in [0.25, 0.3) is 0 Å². The van der Waals surface area contributed by atoms with E-state index in [0.717, 1.165) is 30.3 Å². The van der Waals surface area contributed by atoms with Gasteiger partial charge in [-0.3, -0.25) is 0 Å². The van der Waals surface area contributed by atoms with Gasteiger partial charge in [-0.15, -0.1) is 0 Å². The van der Waals surface area contributed by atoms with Crippen molar-refractivity contribution in [2.45, 2.75) is 20.0 Å². The van der Waals surface area contributed by atoms with Crippen molar-refractivity contribution >= 4 is 0 Å². The quantitative estimate of drug-likeness (QED) is 0.759. The van der Waals surface area contributed by atoms with Crippen LogP contribution in [0.5, 0.6) is 11.5 Å². The minimum atomic E-state index is 0.654. The van der Waals surface area contributed by atoms with Crippen LogP contribution in [0, 0.1) is 0 Å². The summed E-state index contributed by atoms with van der Waals surface area (Å²) in [5.41, 5.74) is 1.31. The van der Waals surface area contributed by atoms with Crippen LogP contribution in [0.2, 0.25) is 0 Å². The number of methoxy groups -OCH3 is 1. The fourth-order valence-corrected chi connectivity index (χ4v) is 3.36. The molecule has 1 aromatic carbocycles. The van der Waals surface area contributed by atoms with E-state index in [1.807, 2.05) is 19.1 Å². The Hall–Kier alpha value is -1.98. The van der Waals surface area contributed by atoms with E-state index < -0.39 is 0 Å². The number of hydrogen-bond donors (Lipinski definition) is 2. The first kappa shape index (κ1) is 16.9. The Morgan fingerprint density at radius 3 is 2.38 bits per heavy atom. The van der Waals surface area contributed by atoms with Crippen LogP contribution >= 0.6 is 0 Å². The van der Waals surface area contributed by atoms with Crippen LogP contribution in [0.15, 0.2) is 41.0 Å². The molecule has 0 aliphatic carbocycles. The maximum absolute atomic E-state index is 5.68. The summed E-state index contributed by atoms with van der Waals surface area (Å²) in [6.45, 7) is 9.43. The van der Waals surface area contributed by atoms with Gasteiger partial charge in [0.1, 0.15) is 39.3 Å². The third-order valence-electron chi connectivity index (χ3n) is 4.65. The summed E-state index contributed by atoms with van der Waals surface area (Å²) in [7, 11) is 1.68. The highest BCUT2D eigenvalue weighted by Crippen LogP contribution is 2.27. The van der Waals surface area contributed by atoms with E-state index in [0.29, 0.717) is 6.61 Å². The van der Waals surface area contributed by atoms with Gasteiger partial charge in [-0.1, -0.05) is 0 Å². The average molecular weight is 332 g/mol. The number of furan rings is 1. The molecule has 2 aromatic rings. The number of quaternary nitrogens is 2. The van der Waals surface area contributed by atoms with E-state index in [9.17, 15) is 0 Å². The van der Waals surface area contributed by atoms with Crippen molar-refractivity contribution in [3.63, 3.8) is 0 Å². The van der Waals surface area contributed by atoms with Crippen LogP contribution in [0.1, 0.15) is 18.2 Å². The third kappa shape index (κ3) is 4.30. The average Bonchev–Trinajstić information content (AvgIpc) is 3.10. The Morgan fingerprint density at radius 1 is 1.00 bits per heavy atom. The van der Waals surface area contributed by atoms with Gasteiger partial charge in [0.15, 0.2) is 17.3 Å². The zero-order valence-electron chi connectivity index (χ0n) is 14.6. The predicted octanol–water partition coefficient (Wildman–Crippen LogP) is 0.171. The van der Waals surface area contributed by atoms with Gasteiger partial charge in [-0.05, 0) is 37.3 Å². The molecule has 1 saturated heterocycles. The SMILES string of the molecule is CCOc1cc(C[NH+]2CC[NH+](Cc3ccco3)CC2)ccc1OC. The van der Waals surface area contributed by atoms with Crippen molar-refractivity contribution in [1.29, 1.82) is 0 Å². The molecule has 0 amide bonds. The minimum absolute atomic E-state index is 0.654. The molecule has 1 fully saturated rings. The molecule has 3 rings (SSSR count). The van der Waals surface area contributed by atoms with E-state index in [1.165, 1.54) is 31.7 Å². The number of rotatable bonds is 7. The molecule has 1 aromatic heterocycles. The number of hydrogen-bond acceptors (Lipinski definition) is 3. The standard InChI is InChI=1S/C19H26N2O3/c1-3-23-19-13-16(6-7-18(19)22-2)14-20-8-10-21(11-9-20)15-17-5-4-12-24-17/h4-7,12-13H,3,8-11,14-15H2,1-2H3/p+2. The lowest BCUT2D eigenvalue weighted by atomic mass is 10.1.